The summed E-state index contributed by atoms with van der Waals surface area (Å²) in [4.78, 5) is 15.8. The average molecular weight is 242 g/mol. The van der Waals surface area contributed by atoms with Crippen molar-refractivity contribution in [2.75, 3.05) is 0 Å². The van der Waals surface area contributed by atoms with Crippen molar-refractivity contribution in [3.05, 3.63) is 54.1 Å². The fourth-order valence-electron chi connectivity index (χ4n) is 1.97. The number of carbonyl (C=O) groups excluding carboxylic acids is 1. The lowest BCUT2D eigenvalue weighted by atomic mass is 10.1. The van der Waals surface area contributed by atoms with Gasteiger partial charge in [0.05, 0.1) is 11.0 Å². The van der Waals surface area contributed by atoms with Gasteiger partial charge >= 0.3 is 0 Å². The van der Waals surface area contributed by atoms with Crippen molar-refractivity contribution in [3.8, 4) is 0 Å². The van der Waals surface area contributed by atoms with Crippen LogP contribution < -0.4 is 0 Å². The lowest BCUT2D eigenvalue weighted by molar-refractivity contribution is 0.108. The van der Waals surface area contributed by atoms with E-state index in [2.05, 4.69) is 4.98 Å². The van der Waals surface area contributed by atoms with Crippen LogP contribution in [0.1, 0.15) is 10.4 Å². The molecular formula is C14H8ClNO. The Morgan fingerprint density at radius 3 is 2.59 bits per heavy atom. The maximum absolute atomic E-state index is 11.3. The highest BCUT2D eigenvalue weighted by molar-refractivity contribution is 6.68. The second kappa shape index (κ2) is 3.82. The molecule has 0 fully saturated rings. The van der Waals surface area contributed by atoms with E-state index in [1.807, 2.05) is 36.4 Å². The number of benzene rings is 2. The van der Waals surface area contributed by atoms with Crippen molar-refractivity contribution in [2.45, 2.75) is 0 Å². The number of hydrogen-bond acceptors (Lipinski definition) is 2. The largest absolute Gasteiger partial charge is 0.276 e. The third-order valence-corrected chi connectivity index (χ3v) is 2.98. The van der Waals surface area contributed by atoms with Crippen LogP contribution in [-0.2, 0) is 0 Å². The molecule has 2 nitrogen and oxygen atoms in total. The fraction of sp³-hybridized carbons (Fsp3) is 0. The summed E-state index contributed by atoms with van der Waals surface area (Å²) < 4.78 is 0. The Hall–Kier alpha value is -1.93. The zero-order valence-electron chi connectivity index (χ0n) is 8.85. The average Bonchev–Trinajstić information content (AvgIpc) is 2.35. The highest BCUT2D eigenvalue weighted by atomic mass is 35.5. The molecule has 0 unspecified atom stereocenters. The van der Waals surface area contributed by atoms with Gasteiger partial charge in [0.2, 0.25) is 0 Å². The SMILES string of the molecule is O=C(Cl)c1cccc2nc3ccccc3cc12. The zero-order chi connectivity index (χ0) is 11.8. The monoisotopic (exact) mass is 241 g/mol. The van der Waals surface area contributed by atoms with E-state index < -0.39 is 5.24 Å². The maximum Gasteiger partial charge on any atom is 0.253 e. The van der Waals surface area contributed by atoms with E-state index in [-0.39, 0.29) is 0 Å². The molecule has 0 amide bonds. The van der Waals surface area contributed by atoms with E-state index in [1.54, 1.807) is 12.1 Å². The van der Waals surface area contributed by atoms with Crippen LogP contribution in [0.2, 0.25) is 0 Å². The molecule has 3 heteroatoms. The van der Waals surface area contributed by atoms with Crippen LogP contribution in [0.25, 0.3) is 21.8 Å². The quantitative estimate of drug-likeness (QED) is 0.480. The summed E-state index contributed by atoms with van der Waals surface area (Å²) in [5, 5.41) is 1.35. The molecule has 0 spiro atoms. The summed E-state index contributed by atoms with van der Waals surface area (Å²) in [7, 11) is 0. The number of rotatable bonds is 1. The maximum atomic E-state index is 11.3. The first-order valence-corrected chi connectivity index (χ1v) is 5.62. The normalized spacial score (nSPS) is 10.9. The Labute approximate surface area is 103 Å². The van der Waals surface area contributed by atoms with Crippen molar-refractivity contribution < 1.29 is 4.79 Å². The minimum Gasteiger partial charge on any atom is -0.276 e. The van der Waals surface area contributed by atoms with Crippen molar-refractivity contribution in [1.29, 1.82) is 0 Å². The number of hydrogen-bond donors (Lipinski definition) is 0. The summed E-state index contributed by atoms with van der Waals surface area (Å²) in [6, 6.07) is 15.1. The van der Waals surface area contributed by atoms with Gasteiger partial charge in [0, 0.05) is 16.3 Å². The van der Waals surface area contributed by atoms with Crippen molar-refractivity contribution in [1.82, 2.24) is 4.98 Å². The third kappa shape index (κ3) is 1.67. The van der Waals surface area contributed by atoms with Crippen LogP contribution >= 0.6 is 11.6 Å². The molecule has 0 bridgehead atoms. The molecule has 0 aliphatic heterocycles. The first kappa shape index (κ1) is 10.2. The summed E-state index contributed by atoms with van der Waals surface area (Å²) in [6.07, 6.45) is 0. The molecule has 0 atom stereocenters. The predicted molar refractivity (Wildman–Crippen MR) is 69.4 cm³/mol. The molecule has 0 aliphatic rings. The van der Waals surface area contributed by atoms with E-state index in [9.17, 15) is 4.79 Å². The Morgan fingerprint density at radius 1 is 1.00 bits per heavy atom. The van der Waals surface area contributed by atoms with Gasteiger partial charge in [-0.15, -0.1) is 0 Å². The van der Waals surface area contributed by atoms with E-state index in [1.165, 1.54) is 0 Å². The van der Waals surface area contributed by atoms with E-state index in [0.29, 0.717) is 5.56 Å². The molecule has 0 saturated heterocycles. The van der Waals surface area contributed by atoms with Crippen LogP contribution in [0.5, 0.6) is 0 Å². The molecule has 0 aliphatic carbocycles. The molecule has 3 rings (SSSR count). The van der Waals surface area contributed by atoms with Gasteiger partial charge in [0.1, 0.15) is 0 Å². The molecule has 82 valence electrons. The second-order valence-electron chi connectivity index (χ2n) is 3.83. The molecule has 3 aromatic rings. The van der Waals surface area contributed by atoms with Gasteiger partial charge in [0.25, 0.3) is 5.24 Å². The number of nitrogens with zero attached hydrogens (tertiary/aromatic N) is 1. The summed E-state index contributed by atoms with van der Waals surface area (Å²) in [5.74, 6) is 0. The second-order valence-corrected chi connectivity index (χ2v) is 4.17. The standard InChI is InChI=1S/C14H8ClNO/c15-14(17)10-5-3-7-13-11(10)8-9-4-1-2-6-12(9)16-13/h1-8H. The highest BCUT2D eigenvalue weighted by Gasteiger charge is 2.08. The zero-order valence-corrected chi connectivity index (χ0v) is 9.61. The first-order valence-electron chi connectivity index (χ1n) is 5.24. The number of pyridine rings is 1. The molecule has 0 N–H and O–H groups in total. The molecule has 0 saturated carbocycles. The van der Waals surface area contributed by atoms with Crippen molar-refractivity contribution >= 4 is 38.6 Å². The number of halogens is 1. The van der Waals surface area contributed by atoms with Gasteiger partial charge in [-0.3, -0.25) is 4.79 Å². The molecule has 17 heavy (non-hydrogen) atoms. The summed E-state index contributed by atoms with van der Waals surface area (Å²) in [6.45, 7) is 0. The Morgan fingerprint density at radius 2 is 1.76 bits per heavy atom. The van der Waals surface area contributed by atoms with Crippen LogP contribution in [0.4, 0.5) is 0 Å². The van der Waals surface area contributed by atoms with E-state index in [0.717, 1.165) is 21.8 Å². The van der Waals surface area contributed by atoms with Crippen molar-refractivity contribution in [3.63, 3.8) is 0 Å². The lowest BCUT2D eigenvalue weighted by Crippen LogP contribution is -1.92. The molecular weight excluding hydrogens is 234 g/mol. The van der Waals surface area contributed by atoms with Crippen LogP contribution in [-0.4, -0.2) is 10.2 Å². The number of aromatic nitrogens is 1. The van der Waals surface area contributed by atoms with Crippen LogP contribution in [0.3, 0.4) is 0 Å². The predicted octanol–water partition coefficient (Wildman–Crippen LogP) is 3.77. The first-order chi connectivity index (χ1) is 8.25. The number of carbonyl (C=O) groups is 1. The van der Waals surface area contributed by atoms with Gasteiger partial charge in [-0.2, -0.15) is 0 Å². The lowest BCUT2D eigenvalue weighted by Gasteiger charge is -2.04. The third-order valence-electron chi connectivity index (χ3n) is 2.77. The summed E-state index contributed by atoms with van der Waals surface area (Å²) >= 11 is 5.57. The topological polar surface area (TPSA) is 30.0 Å². The minimum atomic E-state index is -0.451. The minimum absolute atomic E-state index is 0.451. The van der Waals surface area contributed by atoms with E-state index in [4.69, 9.17) is 11.6 Å². The number of fused-ring (bicyclic) bond motifs is 2. The Bertz CT molecular complexity index is 736. The van der Waals surface area contributed by atoms with Crippen LogP contribution in [0.15, 0.2) is 48.5 Å². The Kier molecular flexibility index (Phi) is 2.30. The van der Waals surface area contributed by atoms with Gasteiger partial charge in [-0.1, -0.05) is 24.3 Å². The van der Waals surface area contributed by atoms with Gasteiger partial charge < -0.3 is 0 Å². The van der Waals surface area contributed by atoms with Crippen LogP contribution in [0, 0.1) is 0 Å². The Balaban J connectivity index is 2.47. The fourth-order valence-corrected chi connectivity index (χ4v) is 2.14. The van der Waals surface area contributed by atoms with Gasteiger partial charge in [0.15, 0.2) is 0 Å². The van der Waals surface area contributed by atoms with Gasteiger partial charge in [-0.25, -0.2) is 4.98 Å². The molecule has 2 aromatic carbocycles. The smallest absolute Gasteiger partial charge is 0.253 e. The van der Waals surface area contributed by atoms with Gasteiger partial charge in [-0.05, 0) is 35.9 Å². The molecule has 1 heterocycles. The van der Waals surface area contributed by atoms with Crippen molar-refractivity contribution in [2.24, 2.45) is 0 Å². The summed E-state index contributed by atoms with van der Waals surface area (Å²) in [5.41, 5.74) is 2.21. The molecule has 0 radical (unpaired) electrons. The molecule has 1 aromatic heterocycles. The highest BCUT2D eigenvalue weighted by Crippen LogP contribution is 2.23. The number of para-hydroxylation sites is 1. The van der Waals surface area contributed by atoms with E-state index >= 15 is 0 Å².